The number of hydrogen-bond donors (Lipinski definition) is 1. The maximum Gasteiger partial charge on any atom is 0.243 e. The highest BCUT2D eigenvalue weighted by atomic mass is 19.1. The van der Waals surface area contributed by atoms with E-state index in [-0.39, 0.29) is 30.7 Å². The van der Waals surface area contributed by atoms with Crippen molar-refractivity contribution in [2.75, 3.05) is 19.8 Å². The van der Waals surface area contributed by atoms with Crippen LogP contribution in [0.25, 0.3) is 0 Å². The molecule has 0 unspecified atom stereocenters. The molecule has 6 nitrogen and oxygen atoms in total. The minimum absolute atomic E-state index is 0.00835. The van der Waals surface area contributed by atoms with Gasteiger partial charge in [-0.1, -0.05) is 68.4 Å². The van der Waals surface area contributed by atoms with Crippen LogP contribution in [0.4, 0.5) is 4.39 Å². The van der Waals surface area contributed by atoms with Crippen molar-refractivity contribution >= 4 is 11.8 Å². The second kappa shape index (κ2) is 15.7. The highest BCUT2D eigenvalue weighted by Crippen LogP contribution is 2.29. The number of benzene rings is 3. The van der Waals surface area contributed by atoms with E-state index in [2.05, 4.69) is 5.32 Å². The van der Waals surface area contributed by atoms with E-state index in [0.717, 1.165) is 11.1 Å². The van der Waals surface area contributed by atoms with Crippen LogP contribution < -0.4 is 14.8 Å². The van der Waals surface area contributed by atoms with Crippen LogP contribution in [-0.2, 0) is 29.0 Å². The molecule has 3 aromatic rings. The molecule has 0 fully saturated rings. The molecule has 1 atom stereocenters. The summed E-state index contributed by atoms with van der Waals surface area (Å²) in [6, 6.07) is 20.8. The molecule has 0 bridgehead atoms. The number of nitrogens with zero attached hydrogens (tertiary/aromatic N) is 1. The zero-order valence-corrected chi connectivity index (χ0v) is 24.0. The summed E-state index contributed by atoms with van der Waals surface area (Å²) in [4.78, 5) is 28.9. The number of halogens is 1. The molecule has 0 saturated carbocycles. The van der Waals surface area contributed by atoms with Gasteiger partial charge in [0.25, 0.3) is 0 Å². The van der Waals surface area contributed by atoms with Gasteiger partial charge in [0, 0.05) is 31.5 Å². The van der Waals surface area contributed by atoms with Gasteiger partial charge < -0.3 is 19.7 Å². The monoisotopic (exact) mass is 548 g/mol. The van der Waals surface area contributed by atoms with Crippen molar-refractivity contribution < 1.29 is 23.5 Å². The van der Waals surface area contributed by atoms with E-state index < -0.39 is 11.9 Å². The third-order valence-electron chi connectivity index (χ3n) is 6.49. The minimum Gasteiger partial charge on any atom is -0.490 e. The third kappa shape index (κ3) is 9.11. The maximum absolute atomic E-state index is 14.8. The number of amides is 2. The Morgan fingerprint density at radius 1 is 0.875 bits per heavy atom. The summed E-state index contributed by atoms with van der Waals surface area (Å²) in [5, 5.41) is 2.99. The van der Waals surface area contributed by atoms with Crippen molar-refractivity contribution in [3.63, 3.8) is 0 Å². The van der Waals surface area contributed by atoms with Crippen LogP contribution in [0.1, 0.15) is 50.8 Å². The molecule has 214 valence electrons. The van der Waals surface area contributed by atoms with Crippen LogP contribution in [0, 0.1) is 11.7 Å². The Balaban J connectivity index is 1.90. The second-order valence-corrected chi connectivity index (χ2v) is 10.1. The summed E-state index contributed by atoms with van der Waals surface area (Å²) in [5.41, 5.74) is 2.20. The van der Waals surface area contributed by atoms with Gasteiger partial charge in [0.2, 0.25) is 11.8 Å². The lowest BCUT2D eigenvalue weighted by molar-refractivity contribution is -0.141. The SMILES string of the molecule is CCOc1ccc(CCC(=O)N(Cc2ccccc2F)[C@H](Cc2ccccc2)C(=O)NCC(C)C)cc1OCC. The molecular formula is C33H41FN2O4. The first-order valence-electron chi connectivity index (χ1n) is 14.0. The molecular weight excluding hydrogens is 507 g/mol. The van der Waals surface area contributed by atoms with E-state index >= 15 is 0 Å². The van der Waals surface area contributed by atoms with Crippen LogP contribution in [-0.4, -0.2) is 42.5 Å². The third-order valence-corrected chi connectivity index (χ3v) is 6.49. The molecule has 0 heterocycles. The fourth-order valence-corrected chi connectivity index (χ4v) is 4.43. The summed E-state index contributed by atoms with van der Waals surface area (Å²) in [7, 11) is 0. The Morgan fingerprint density at radius 3 is 2.23 bits per heavy atom. The number of rotatable bonds is 15. The number of carbonyl (C=O) groups excluding carboxylic acids is 2. The molecule has 3 aromatic carbocycles. The average Bonchev–Trinajstić information content (AvgIpc) is 2.95. The summed E-state index contributed by atoms with van der Waals surface area (Å²) in [6.07, 6.45) is 0.907. The molecule has 0 aliphatic carbocycles. The number of ether oxygens (including phenoxy) is 2. The molecule has 3 rings (SSSR count). The van der Waals surface area contributed by atoms with Crippen LogP contribution >= 0.6 is 0 Å². The smallest absolute Gasteiger partial charge is 0.243 e. The Kier molecular flexibility index (Phi) is 12.0. The number of hydrogen-bond acceptors (Lipinski definition) is 4. The highest BCUT2D eigenvalue weighted by molar-refractivity contribution is 5.88. The minimum atomic E-state index is -0.799. The van der Waals surface area contributed by atoms with Gasteiger partial charge in [0.15, 0.2) is 11.5 Å². The molecule has 0 spiro atoms. The number of aryl methyl sites for hydroxylation is 1. The molecule has 0 saturated heterocycles. The predicted octanol–water partition coefficient (Wildman–Crippen LogP) is 5.97. The Bertz CT molecular complexity index is 1230. The quantitative estimate of drug-likeness (QED) is 0.254. The summed E-state index contributed by atoms with van der Waals surface area (Å²) in [5.74, 6) is 0.654. The van der Waals surface area contributed by atoms with E-state index in [1.165, 1.54) is 11.0 Å². The molecule has 0 aliphatic heterocycles. The Morgan fingerprint density at radius 2 is 1.55 bits per heavy atom. The zero-order valence-electron chi connectivity index (χ0n) is 24.0. The van der Waals surface area contributed by atoms with Gasteiger partial charge in [-0.05, 0) is 55.5 Å². The molecule has 0 aliphatic rings. The summed E-state index contributed by atoms with van der Waals surface area (Å²) < 4.78 is 26.2. The largest absolute Gasteiger partial charge is 0.490 e. The lowest BCUT2D eigenvalue weighted by atomic mass is 10.0. The van der Waals surface area contributed by atoms with Crippen LogP contribution in [0.2, 0.25) is 0 Å². The van der Waals surface area contributed by atoms with E-state index in [4.69, 9.17) is 9.47 Å². The average molecular weight is 549 g/mol. The van der Waals surface area contributed by atoms with Crippen LogP contribution in [0.15, 0.2) is 72.8 Å². The van der Waals surface area contributed by atoms with Gasteiger partial charge in [0.1, 0.15) is 11.9 Å². The standard InChI is InChI=1S/C33H41FN2O4/c1-5-39-30-18-16-26(21-31(30)40-6-2)17-19-32(37)36(23-27-14-10-11-15-28(27)34)29(33(38)35-22-24(3)4)20-25-12-8-7-9-13-25/h7-16,18,21,24,29H,5-6,17,19-20,22-23H2,1-4H3,(H,35,38)/t29-/m1/s1. The number of nitrogens with one attached hydrogen (secondary N) is 1. The van der Waals surface area contributed by atoms with Crippen LogP contribution in [0.5, 0.6) is 11.5 Å². The van der Waals surface area contributed by atoms with E-state index in [1.807, 2.05) is 76.2 Å². The first kappa shape index (κ1) is 30.7. The van der Waals surface area contributed by atoms with E-state index in [1.54, 1.807) is 18.2 Å². The maximum atomic E-state index is 14.8. The van der Waals surface area contributed by atoms with Gasteiger partial charge in [-0.25, -0.2) is 4.39 Å². The fourth-order valence-electron chi connectivity index (χ4n) is 4.43. The van der Waals surface area contributed by atoms with Gasteiger partial charge in [0.05, 0.1) is 13.2 Å². The van der Waals surface area contributed by atoms with Crippen molar-refractivity contribution in [1.29, 1.82) is 0 Å². The van der Waals surface area contributed by atoms with Crippen molar-refractivity contribution in [3.05, 3.63) is 95.3 Å². The molecule has 0 radical (unpaired) electrons. The van der Waals surface area contributed by atoms with Crippen molar-refractivity contribution in [2.24, 2.45) is 5.92 Å². The molecule has 2 amide bonds. The highest BCUT2D eigenvalue weighted by Gasteiger charge is 2.30. The Hall–Kier alpha value is -3.87. The van der Waals surface area contributed by atoms with Gasteiger partial charge in [-0.3, -0.25) is 9.59 Å². The second-order valence-electron chi connectivity index (χ2n) is 10.1. The first-order chi connectivity index (χ1) is 19.3. The topological polar surface area (TPSA) is 67.9 Å². The predicted molar refractivity (Wildman–Crippen MR) is 156 cm³/mol. The van der Waals surface area contributed by atoms with Crippen molar-refractivity contribution in [1.82, 2.24) is 10.2 Å². The molecule has 1 N–H and O–H groups in total. The molecule has 40 heavy (non-hydrogen) atoms. The van der Waals surface area contributed by atoms with E-state index in [0.29, 0.717) is 49.7 Å². The van der Waals surface area contributed by atoms with Gasteiger partial charge in [-0.15, -0.1) is 0 Å². The zero-order chi connectivity index (χ0) is 28.9. The molecule has 0 aromatic heterocycles. The van der Waals surface area contributed by atoms with Gasteiger partial charge in [-0.2, -0.15) is 0 Å². The van der Waals surface area contributed by atoms with Crippen molar-refractivity contribution in [2.45, 2.75) is 59.5 Å². The summed E-state index contributed by atoms with van der Waals surface area (Å²) in [6.45, 7) is 9.34. The van der Waals surface area contributed by atoms with Crippen LogP contribution in [0.3, 0.4) is 0 Å². The van der Waals surface area contributed by atoms with E-state index in [9.17, 15) is 14.0 Å². The lowest BCUT2D eigenvalue weighted by Crippen LogP contribution is -2.51. The van der Waals surface area contributed by atoms with Gasteiger partial charge >= 0.3 is 0 Å². The fraction of sp³-hybridized carbons (Fsp3) is 0.394. The first-order valence-corrected chi connectivity index (χ1v) is 14.0. The normalized spacial score (nSPS) is 11.7. The number of carbonyl (C=O) groups is 2. The van der Waals surface area contributed by atoms with Crippen molar-refractivity contribution in [3.8, 4) is 11.5 Å². The lowest BCUT2D eigenvalue weighted by Gasteiger charge is -2.32. The summed E-state index contributed by atoms with van der Waals surface area (Å²) >= 11 is 0. The molecule has 7 heteroatoms. The Labute approximate surface area is 237 Å².